The van der Waals surface area contributed by atoms with Crippen molar-refractivity contribution in [1.82, 2.24) is 5.32 Å². The van der Waals surface area contributed by atoms with Crippen LogP contribution < -0.4 is 11.1 Å². The molecule has 0 spiro atoms. The highest BCUT2D eigenvalue weighted by Gasteiger charge is 2.17. The van der Waals surface area contributed by atoms with E-state index >= 15 is 0 Å². The summed E-state index contributed by atoms with van der Waals surface area (Å²) in [7, 11) is 0. The van der Waals surface area contributed by atoms with Crippen molar-refractivity contribution in [3.8, 4) is 0 Å². The van der Waals surface area contributed by atoms with Gasteiger partial charge in [-0.1, -0.05) is 13.8 Å². The zero-order valence-corrected chi connectivity index (χ0v) is 10.5. The number of amides is 1. The van der Waals surface area contributed by atoms with Gasteiger partial charge in [0.1, 0.15) is 0 Å². The molecule has 1 atom stereocenters. The summed E-state index contributed by atoms with van der Waals surface area (Å²) in [5.41, 5.74) is 5.58. The number of rotatable bonds is 9. The van der Waals surface area contributed by atoms with E-state index in [9.17, 15) is 4.79 Å². The number of carbonyl (C=O) groups is 1. The fourth-order valence-corrected chi connectivity index (χ4v) is 1.65. The van der Waals surface area contributed by atoms with E-state index in [2.05, 4.69) is 19.2 Å². The van der Waals surface area contributed by atoms with Gasteiger partial charge in [0, 0.05) is 19.7 Å². The second-order valence-corrected chi connectivity index (χ2v) is 4.64. The topological polar surface area (TPSA) is 75.4 Å². The lowest BCUT2D eigenvalue weighted by Crippen LogP contribution is -2.36. The number of hydrogen-bond acceptors (Lipinski definition) is 3. The van der Waals surface area contributed by atoms with E-state index in [1.165, 1.54) is 0 Å². The smallest absolute Gasteiger partial charge is 0.224 e. The first-order valence-corrected chi connectivity index (χ1v) is 6.20. The van der Waals surface area contributed by atoms with Gasteiger partial charge in [0.2, 0.25) is 5.91 Å². The van der Waals surface area contributed by atoms with Gasteiger partial charge in [-0.2, -0.15) is 0 Å². The molecule has 4 N–H and O–H groups in total. The van der Waals surface area contributed by atoms with E-state index in [0.29, 0.717) is 19.0 Å². The van der Waals surface area contributed by atoms with Crippen molar-refractivity contribution in [2.45, 2.75) is 39.5 Å². The number of aliphatic hydroxyl groups excluding tert-OH is 1. The average Bonchev–Trinajstić information content (AvgIpc) is 2.25. The van der Waals surface area contributed by atoms with Crippen LogP contribution >= 0.6 is 0 Å². The first-order chi connectivity index (χ1) is 7.61. The number of hydrogen-bond donors (Lipinski definition) is 3. The Labute approximate surface area is 98.6 Å². The maximum absolute atomic E-state index is 11.7. The highest BCUT2D eigenvalue weighted by molar-refractivity contribution is 5.78. The molecule has 0 aromatic rings. The van der Waals surface area contributed by atoms with Gasteiger partial charge < -0.3 is 16.2 Å². The summed E-state index contributed by atoms with van der Waals surface area (Å²) in [6.45, 7) is 5.52. The van der Waals surface area contributed by atoms with Gasteiger partial charge in [0.05, 0.1) is 5.92 Å². The number of nitrogens with one attached hydrogen (secondary N) is 1. The Morgan fingerprint density at radius 2 is 2.00 bits per heavy atom. The lowest BCUT2D eigenvalue weighted by Gasteiger charge is -2.16. The van der Waals surface area contributed by atoms with Crippen molar-refractivity contribution < 1.29 is 9.90 Å². The van der Waals surface area contributed by atoms with Crippen LogP contribution in [0.1, 0.15) is 39.5 Å². The molecule has 0 saturated heterocycles. The molecule has 1 amide bonds. The van der Waals surface area contributed by atoms with Gasteiger partial charge in [0.15, 0.2) is 0 Å². The monoisotopic (exact) mass is 230 g/mol. The lowest BCUT2D eigenvalue weighted by molar-refractivity contribution is -0.125. The van der Waals surface area contributed by atoms with Crippen LogP contribution in [0.4, 0.5) is 0 Å². The first kappa shape index (κ1) is 15.4. The molecular weight excluding hydrogens is 204 g/mol. The maximum Gasteiger partial charge on any atom is 0.224 e. The van der Waals surface area contributed by atoms with Gasteiger partial charge in [-0.3, -0.25) is 4.79 Å². The van der Waals surface area contributed by atoms with Crippen molar-refractivity contribution in [2.24, 2.45) is 17.6 Å². The summed E-state index contributed by atoms with van der Waals surface area (Å²) in [4.78, 5) is 11.7. The van der Waals surface area contributed by atoms with E-state index < -0.39 is 0 Å². The van der Waals surface area contributed by atoms with Crippen molar-refractivity contribution in [3.63, 3.8) is 0 Å². The van der Waals surface area contributed by atoms with Gasteiger partial charge >= 0.3 is 0 Å². The molecule has 0 aliphatic rings. The summed E-state index contributed by atoms with van der Waals surface area (Å²) in [6.07, 6.45) is 3.53. The normalized spacial score (nSPS) is 12.8. The molecule has 0 aliphatic carbocycles. The van der Waals surface area contributed by atoms with Crippen LogP contribution in [0.15, 0.2) is 0 Å². The molecule has 96 valence electrons. The fraction of sp³-hybridized carbons (Fsp3) is 0.917. The largest absolute Gasteiger partial charge is 0.396 e. The van der Waals surface area contributed by atoms with Crippen LogP contribution in [0.25, 0.3) is 0 Å². The van der Waals surface area contributed by atoms with E-state index in [1.807, 2.05) is 0 Å². The van der Waals surface area contributed by atoms with E-state index in [-0.39, 0.29) is 18.4 Å². The summed E-state index contributed by atoms with van der Waals surface area (Å²) in [6, 6.07) is 0. The quantitative estimate of drug-likeness (QED) is 0.515. The van der Waals surface area contributed by atoms with Crippen LogP contribution in [0, 0.1) is 11.8 Å². The highest BCUT2D eigenvalue weighted by Crippen LogP contribution is 2.10. The molecule has 0 fully saturated rings. The molecule has 4 heteroatoms. The highest BCUT2D eigenvalue weighted by atomic mass is 16.2. The third kappa shape index (κ3) is 7.65. The minimum absolute atomic E-state index is 0.0576. The van der Waals surface area contributed by atoms with Crippen LogP contribution in [0.2, 0.25) is 0 Å². The van der Waals surface area contributed by atoms with Gasteiger partial charge in [-0.25, -0.2) is 0 Å². The van der Waals surface area contributed by atoms with Crippen molar-refractivity contribution in [3.05, 3.63) is 0 Å². The zero-order chi connectivity index (χ0) is 12.4. The van der Waals surface area contributed by atoms with Crippen molar-refractivity contribution in [2.75, 3.05) is 19.7 Å². The van der Waals surface area contributed by atoms with Crippen molar-refractivity contribution >= 4 is 5.91 Å². The van der Waals surface area contributed by atoms with E-state index in [1.54, 1.807) is 0 Å². The summed E-state index contributed by atoms with van der Waals surface area (Å²) >= 11 is 0. The lowest BCUT2D eigenvalue weighted by atomic mass is 9.96. The van der Waals surface area contributed by atoms with Gasteiger partial charge in [-0.05, 0) is 31.6 Å². The van der Waals surface area contributed by atoms with Crippen LogP contribution in [-0.2, 0) is 4.79 Å². The second kappa shape index (κ2) is 9.60. The van der Waals surface area contributed by atoms with Crippen molar-refractivity contribution in [1.29, 1.82) is 0 Å². The van der Waals surface area contributed by atoms with Crippen LogP contribution in [0.5, 0.6) is 0 Å². The average molecular weight is 230 g/mol. The number of nitrogens with two attached hydrogens (primary N) is 1. The SMILES string of the molecule is CC(C)CC(CN)C(=O)NCCCCCO. The Bertz CT molecular complexity index is 184. The molecular formula is C12H26N2O2. The number of aliphatic hydroxyl groups is 1. The third-order valence-corrected chi connectivity index (χ3v) is 2.55. The molecule has 1 unspecified atom stereocenters. The minimum atomic E-state index is -0.0576. The van der Waals surface area contributed by atoms with Gasteiger partial charge in [0.25, 0.3) is 0 Å². The Morgan fingerprint density at radius 3 is 2.50 bits per heavy atom. The van der Waals surface area contributed by atoms with Gasteiger partial charge in [-0.15, -0.1) is 0 Å². The Morgan fingerprint density at radius 1 is 1.31 bits per heavy atom. The third-order valence-electron chi connectivity index (χ3n) is 2.55. The second-order valence-electron chi connectivity index (χ2n) is 4.64. The van der Waals surface area contributed by atoms with E-state index in [0.717, 1.165) is 25.7 Å². The predicted molar refractivity (Wildman–Crippen MR) is 65.9 cm³/mol. The molecule has 0 saturated carbocycles. The molecule has 0 radical (unpaired) electrons. The molecule has 4 nitrogen and oxygen atoms in total. The molecule has 0 rings (SSSR count). The van der Waals surface area contributed by atoms with Crippen LogP contribution in [-0.4, -0.2) is 30.7 Å². The zero-order valence-electron chi connectivity index (χ0n) is 10.5. The number of unbranched alkanes of at least 4 members (excludes halogenated alkanes) is 2. The van der Waals surface area contributed by atoms with E-state index in [4.69, 9.17) is 10.8 Å². The predicted octanol–water partition coefficient (Wildman–Crippen LogP) is 0.886. The summed E-state index contributed by atoms with van der Waals surface area (Å²) < 4.78 is 0. The summed E-state index contributed by atoms with van der Waals surface area (Å²) in [5, 5.41) is 11.5. The standard InChI is InChI=1S/C12H26N2O2/c1-10(2)8-11(9-13)12(16)14-6-4-3-5-7-15/h10-11,15H,3-9,13H2,1-2H3,(H,14,16). The minimum Gasteiger partial charge on any atom is -0.396 e. The maximum atomic E-state index is 11.7. The number of carbonyl (C=O) groups excluding carboxylic acids is 1. The Balaban J connectivity index is 3.67. The molecule has 16 heavy (non-hydrogen) atoms. The molecule has 0 aliphatic heterocycles. The molecule has 0 aromatic heterocycles. The molecule has 0 aromatic carbocycles. The molecule has 0 bridgehead atoms. The Hall–Kier alpha value is -0.610. The first-order valence-electron chi connectivity index (χ1n) is 6.20. The Kier molecular flexibility index (Phi) is 9.24. The summed E-state index contributed by atoms with van der Waals surface area (Å²) in [5.74, 6) is 0.506. The molecule has 0 heterocycles. The fourth-order valence-electron chi connectivity index (χ4n) is 1.65. The van der Waals surface area contributed by atoms with Crippen LogP contribution in [0.3, 0.4) is 0 Å².